The van der Waals surface area contributed by atoms with Gasteiger partial charge < -0.3 is 14.9 Å². The first-order valence-corrected chi connectivity index (χ1v) is 12.9. The molecule has 0 aromatic heterocycles. The third-order valence-corrected chi connectivity index (χ3v) is 11.8. The van der Waals surface area contributed by atoms with Gasteiger partial charge in [0.2, 0.25) is 0 Å². The van der Waals surface area contributed by atoms with Gasteiger partial charge in [-0.2, -0.15) is 0 Å². The number of rotatable bonds is 1. The van der Waals surface area contributed by atoms with Crippen LogP contribution in [0.3, 0.4) is 0 Å². The average Bonchev–Trinajstić information content (AvgIpc) is 2.79. The second kappa shape index (κ2) is 7.01. The first-order chi connectivity index (χ1) is 15.7. The molecule has 5 nitrogen and oxygen atoms in total. The van der Waals surface area contributed by atoms with Gasteiger partial charge in [0.1, 0.15) is 0 Å². The van der Waals surface area contributed by atoms with Crippen molar-refractivity contribution < 1.29 is 24.5 Å². The largest absolute Gasteiger partial charge is 0.504 e. The van der Waals surface area contributed by atoms with Gasteiger partial charge in [-0.05, 0) is 103 Å². The molecule has 2 N–H and O–H groups in total. The van der Waals surface area contributed by atoms with E-state index in [0.717, 1.165) is 50.5 Å². The predicted octanol–water partition coefficient (Wildman–Crippen LogP) is 6.14. The lowest BCUT2D eigenvalue weighted by atomic mass is 9.32. The van der Waals surface area contributed by atoms with Crippen molar-refractivity contribution >= 4 is 11.8 Å². The lowest BCUT2D eigenvalue weighted by Gasteiger charge is -2.71. The van der Waals surface area contributed by atoms with Crippen molar-refractivity contribution in [3.05, 3.63) is 23.3 Å². The monoisotopic (exact) mass is 468 g/mol. The molecular weight excluding hydrogens is 428 g/mol. The van der Waals surface area contributed by atoms with Gasteiger partial charge in [0.25, 0.3) is 0 Å². The smallest absolute Gasteiger partial charge is 0.311 e. The Morgan fingerprint density at radius 3 is 2.15 bits per heavy atom. The molecule has 3 fully saturated rings. The number of hydrogen-bond donors (Lipinski definition) is 2. The maximum atomic E-state index is 13.4. The quantitative estimate of drug-likeness (QED) is 0.382. The van der Waals surface area contributed by atoms with E-state index >= 15 is 0 Å². The number of esters is 1. The molecule has 0 saturated heterocycles. The van der Waals surface area contributed by atoms with Crippen molar-refractivity contribution in [1.82, 2.24) is 0 Å². The highest BCUT2D eigenvalue weighted by atomic mass is 16.5. The molecule has 4 aliphatic rings. The fourth-order valence-corrected chi connectivity index (χ4v) is 9.27. The van der Waals surface area contributed by atoms with Crippen LogP contribution in [0.5, 0.6) is 11.5 Å². The van der Waals surface area contributed by atoms with Crippen LogP contribution in [0.4, 0.5) is 0 Å². The fourth-order valence-electron chi connectivity index (χ4n) is 9.27. The van der Waals surface area contributed by atoms with Gasteiger partial charge in [0.15, 0.2) is 17.3 Å². The molecule has 0 amide bonds. The van der Waals surface area contributed by atoms with Crippen LogP contribution in [0.25, 0.3) is 0 Å². The van der Waals surface area contributed by atoms with E-state index in [0.29, 0.717) is 17.9 Å². The van der Waals surface area contributed by atoms with Crippen LogP contribution < -0.4 is 0 Å². The number of fused-ring (bicyclic) bond motifs is 7. The third-order valence-electron chi connectivity index (χ3n) is 11.8. The molecule has 0 radical (unpaired) electrons. The van der Waals surface area contributed by atoms with Gasteiger partial charge in [0, 0.05) is 12.0 Å². The SMILES string of the molecule is COC(=O)[C@]1(C)CC[C@]2(C)CC[C@]3(C)[C@H]4CC(=O)c5cc(O)c(O)cc5[C@]4(C)CC[C@@]3(C)[C@@H]2C1. The van der Waals surface area contributed by atoms with Gasteiger partial charge in [-0.25, -0.2) is 0 Å². The van der Waals surface area contributed by atoms with E-state index in [1.165, 1.54) is 13.2 Å². The molecule has 186 valence electrons. The van der Waals surface area contributed by atoms with Gasteiger partial charge in [-0.1, -0.05) is 27.7 Å². The summed E-state index contributed by atoms with van der Waals surface area (Å²) in [5, 5.41) is 20.4. The summed E-state index contributed by atoms with van der Waals surface area (Å²) in [6.07, 6.45) is 7.33. The Bertz CT molecular complexity index is 1080. The first kappa shape index (κ1) is 23.7. The molecule has 0 bridgehead atoms. The summed E-state index contributed by atoms with van der Waals surface area (Å²) < 4.78 is 5.25. The lowest BCUT2D eigenvalue weighted by molar-refractivity contribution is -0.212. The van der Waals surface area contributed by atoms with Crippen LogP contribution in [0.2, 0.25) is 0 Å². The van der Waals surface area contributed by atoms with Gasteiger partial charge in [-0.15, -0.1) is 0 Å². The number of aromatic hydroxyl groups is 2. The highest BCUT2D eigenvalue weighted by Crippen LogP contribution is 2.75. The Hall–Kier alpha value is -2.04. The maximum Gasteiger partial charge on any atom is 0.311 e. The number of carbonyl (C=O) groups is 2. The molecule has 0 spiro atoms. The summed E-state index contributed by atoms with van der Waals surface area (Å²) in [5.41, 5.74) is 0.879. The topological polar surface area (TPSA) is 83.8 Å². The van der Waals surface area contributed by atoms with Crippen molar-refractivity contribution in [2.45, 2.75) is 91.4 Å². The number of methoxy groups -OCH3 is 1. The number of hydrogen-bond acceptors (Lipinski definition) is 5. The Morgan fingerprint density at radius 2 is 1.47 bits per heavy atom. The van der Waals surface area contributed by atoms with Gasteiger partial charge in [-0.3, -0.25) is 9.59 Å². The van der Waals surface area contributed by atoms with E-state index < -0.39 is 5.41 Å². The van der Waals surface area contributed by atoms with Gasteiger partial charge >= 0.3 is 5.97 Å². The zero-order valence-electron chi connectivity index (χ0n) is 21.6. The van der Waals surface area contributed by atoms with Gasteiger partial charge in [0.05, 0.1) is 12.5 Å². The second-order valence-corrected chi connectivity index (χ2v) is 13.3. The first-order valence-electron chi connectivity index (χ1n) is 12.9. The number of carbonyl (C=O) groups excluding carboxylic acids is 2. The van der Waals surface area contributed by atoms with Crippen LogP contribution in [-0.2, 0) is 14.9 Å². The highest BCUT2D eigenvalue weighted by molar-refractivity contribution is 6.00. The molecule has 0 heterocycles. The third kappa shape index (κ3) is 2.79. The van der Waals surface area contributed by atoms with Crippen LogP contribution in [-0.4, -0.2) is 29.1 Å². The van der Waals surface area contributed by atoms with E-state index in [4.69, 9.17) is 4.74 Å². The second-order valence-electron chi connectivity index (χ2n) is 13.3. The molecule has 3 saturated carbocycles. The molecular formula is C29H40O5. The van der Waals surface area contributed by atoms with E-state index in [9.17, 15) is 19.8 Å². The summed E-state index contributed by atoms with van der Waals surface area (Å²) in [6, 6.07) is 3.11. The zero-order valence-corrected chi connectivity index (χ0v) is 21.6. The highest BCUT2D eigenvalue weighted by Gasteiger charge is 2.69. The summed E-state index contributed by atoms with van der Waals surface area (Å²) in [6.45, 7) is 11.6. The van der Waals surface area contributed by atoms with Crippen LogP contribution in [0.15, 0.2) is 12.1 Å². The van der Waals surface area contributed by atoms with Crippen molar-refractivity contribution in [3.63, 3.8) is 0 Å². The number of phenols is 2. The molecule has 5 rings (SSSR count). The molecule has 4 aliphatic carbocycles. The van der Waals surface area contributed by atoms with E-state index in [2.05, 4.69) is 34.6 Å². The predicted molar refractivity (Wildman–Crippen MR) is 130 cm³/mol. The minimum atomic E-state index is -0.459. The zero-order chi connectivity index (χ0) is 24.9. The Morgan fingerprint density at radius 1 is 0.882 bits per heavy atom. The average molecular weight is 469 g/mol. The lowest BCUT2D eigenvalue weighted by Crippen LogP contribution is -2.66. The molecule has 7 atom stereocenters. The number of benzene rings is 1. The normalized spacial score (nSPS) is 45.4. The molecule has 0 unspecified atom stereocenters. The summed E-state index contributed by atoms with van der Waals surface area (Å²) >= 11 is 0. The summed E-state index contributed by atoms with van der Waals surface area (Å²) in [5.74, 6) is 0.130. The van der Waals surface area contributed by atoms with E-state index in [-0.39, 0.29) is 50.8 Å². The summed E-state index contributed by atoms with van der Waals surface area (Å²) in [4.78, 5) is 26.2. The van der Waals surface area contributed by atoms with Crippen LogP contribution in [0.1, 0.15) is 102 Å². The standard InChI is InChI=1S/C29H40O5/c1-25-7-8-26(2,24(33)34-6)16-23(25)29(5)12-10-27(3)18-14-21(32)20(31)13-17(18)19(30)15-22(27)28(29,4)11-9-25/h13-14,22-23,31-32H,7-12,15-16H2,1-6H3/t22-,23+,25+,26+,27-,28+,29-/m0/s1. The number of ketones is 1. The van der Waals surface area contributed by atoms with Crippen molar-refractivity contribution in [3.8, 4) is 11.5 Å². The number of Topliss-reactive ketones (excluding diaryl/α,β-unsaturated/α-hetero) is 1. The van der Waals surface area contributed by atoms with Crippen molar-refractivity contribution in [2.24, 2.45) is 33.5 Å². The Balaban J connectivity index is 1.61. The van der Waals surface area contributed by atoms with Crippen LogP contribution >= 0.6 is 0 Å². The van der Waals surface area contributed by atoms with Crippen LogP contribution in [0, 0.1) is 33.5 Å². The number of phenolic OH excluding ortho intramolecular Hbond substituents is 2. The molecule has 0 aliphatic heterocycles. The minimum Gasteiger partial charge on any atom is -0.504 e. The molecule has 34 heavy (non-hydrogen) atoms. The van der Waals surface area contributed by atoms with Crippen molar-refractivity contribution in [2.75, 3.05) is 7.11 Å². The Labute approximate surface area is 203 Å². The Kier molecular flexibility index (Phi) is 4.88. The maximum absolute atomic E-state index is 13.4. The molecule has 1 aromatic rings. The number of ether oxygens (including phenoxy) is 1. The molecule has 1 aromatic carbocycles. The minimum absolute atomic E-state index is 0.00335. The fraction of sp³-hybridized carbons (Fsp3) is 0.724. The van der Waals surface area contributed by atoms with E-state index in [1.54, 1.807) is 6.07 Å². The summed E-state index contributed by atoms with van der Waals surface area (Å²) in [7, 11) is 1.50. The van der Waals surface area contributed by atoms with E-state index in [1.807, 2.05) is 0 Å². The molecule has 5 heteroatoms. The van der Waals surface area contributed by atoms with Crippen molar-refractivity contribution in [1.29, 1.82) is 0 Å².